The summed E-state index contributed by atoms with van der Waals surface area (Å²) in [5, 5.41) is 0. The standard InChI is InChI=1S/C17H30N2O/c1-5-8-13-19(7-3)17(16(18)6-2)14-9-11-15(20-4)12-10-14/h9-12,16-17H,5-8,13,18H2,1-4H3. The van der Waals surface area contributed by atoms with Gasteiger partial charge in [-0.1, -0.05) is 39.3 Å². The van der Waals surface area contributed by atoms with E-state index in [4.69, 9.17) is 10.5 Å². The second kappa shape index (κ2) is 8.98. The lowest BCUT2D eigenvalue weighted by Gasteiger charge is -2.35. The van der Waals surface area contributed by atoms with Gasteiger partial charge in [-0.2, -0.15) is 0 Å². The van der Waals surface area contributed by atoms with Crippen molar-refractivity contribution >= 4 is 0 Å². The highest BCUT2D eigenvalue weighted by Crippen LogP contribution is 2.27. The molecule has 1 aromatic rings. The van der Waals surface area contributed by atoms with Crippen molar-refractivity contribution in [1.82, 2.24) is 4.90 Å². The van der Waals surface area contributed by atoms with Crippen molar-refractivity contribution in [2.24, 2.45) is 5.73 Å². The molecule has 0 bridgehead atoms. The number of hydrogen-bond acceptors (Lipinski definition) is 3. The van der Waals surface area contributed by atoms with Gasteiger partial charge >= 0.3 is 0 Å². The maximum absolute atomic E-state index is 6.40. The normalized spacial score (nSPS) is 14.3. The summed E-state index contributed by atoms with van der Waals surface area (Å²) in [5.74, 6) is 0.897. The first kappa shape index (κ1) is 17.0. The van der Waals surface area contributed by atoms with Gasteiger partial charge in [-0.25, -0.2) is 0 Å². The highest BCUT2D eigenvalue weighted by Gasteiger charge is 2.24. The number of rotatable bonds is 9. The number of methoxy groups -OCH3 is 1. The summed E-state index contributed by atoms with van der Waals surface area (Å²) < 4.78 is 5.24. The van der Waals surface area contributed by atoms with E-state index in [1.54, 1.807) is 7.11 Å². The molecule has 1 rings (SSSR count). The Kier molecular flexibility index (Phi) is 7.63. The zero-order valence-corrected chi connectivity index (χ0v) is 13.4. The van der Waals surface area contributed by atoms with Crippen LogP contribution in [0, 0.1) is 0 Å². The van der Waals surface area contributed by atoms with Gasteiger partial charge in [-0.3, -0.25) is 4.90 Å². The summed E-state index contributed by atoms with van der Waals surface area (Å²) in [7, 11) is 1.70. The molecule has 1 aromatic carbocycles. The first-order chi connectivity index (χ1) is 9.67. The van der Waals surface area contributed by atoms with E-state index in [-0.39, 0.29) is 6.04 Å². The van der Waals surface area contributed by atoms with E-state index >= 15 is 0 Å². The molecule has 0 saturated carbocycles. The van der Waals surface area contributed by atoms with Gasteiger partial charge in [0.2, 0.25) is 0 Å². The number of nitrogens with two attached hydrogens (primary N) is 1. The lowest BCUT2D eigenvalue weighted by Crippen LogP contribution is -2.41. The van der Waals surface area contributed by atoms with E-state index in [0.29, 0.717) is 6.04 Å². The molecule has 114 valence electrons. The van der Waals surface area contributed by atoms with Gasteiger partial charge in [0, 0.05) is 12.1 Å². The molecule has 0 radical (unpaired) electrons. The molecule has 0 aliphatic rings. The monoisotopic (exact) mass is 278 g/mol. The summed E-state index contributed by atoms with van der Waals surface area (Å²) in [6.45, 7) is 8.75. The number of hydrogen-bond donors (Lipinski definition) is 1. The highest BCUT2D eigenvalue weighted by atomic mass is 16.5. The Morgan fingerprint density at radius 1 is 1.15 bits per heavy atom. The summed E-state index contributed by atoms with van der Waals surface area (Å²) >= 11 is 0. The molecule has 2 N–H and O–H groups in total. The molecule has 0 spiro atoms. The molecule has 0 saturated heterocycles. The zero-order valence-electron chi connectivity index (χ0n) is 13.4. The average molecular weight is 278 g/mol. The van der Waals surface area contributed by atoms with Crippen LogP contribution < -0.4 is 10.5 Å². The Labute approximate surface area is 124 Å². The third-order valence-corrected chi connectivity index (χ3v) is 3.93. The molecule has 20 heavy (non-hydrogen) atoms. The zero-order chi connectivity index (χ0) is 15.0. The van der Waals surface area contributed by atoms with Crippen molar-refractivity contribution < 1.29 is 4.74 Å². The molecule has 0 aliphatic heterocycles. The minimum absolute atomic E-state index is 0.167. The molecular formula is C17H30N2O. The fraction of sp³-hybridized carbons (Fsp3) is 0.647. The molecule has 0 aliphatic carbocycles. The van der Waals surface area contributed by atoms with Crippen LogP contribution in [0.4, 0.5) is 0 Å². The lowest BCUT2D eigenvalue weighted by atomic mass is 9.96. The summed E-state index contributed by atoms with van der Waals surface area (Å²) in [5.41, 5.74) is 7.68. The Balaban J connectivity index is 2.96. The fourth-order valence-corrected chi connectivity index (χ4v) is 2.61. The van der Waals surface area contributed by atoms with E-state index in [9.17, 15) is 0 Å². The van der Waals surface area contributed by atoms with Crippen molar-refractivity contribution in [3.05, 3.63) is 29.8 Å². The molecule has 3 nitrogen and oxygen atoms in total. The quantitative estimate of drug-likeness (QED) is 0.750. The van der Waals surface area contributed by atoms with Gasteiger partial charge in [0.15, 0.2) is 0 Å². The number of likely N-dealkylation sites (N-methyl/N-ethyl adjacent to an activating group) is 1. The predicted molar refractivity (Wildman–Crippen MR) is 86.2 cm³/mol. The van der Waals surface area contributed by atoms with Crippen molar-refractivity contribution in [2.45, 2.75) is 52.1 Å². The molecule has 0 fully saturated rings. The van der Waals surface area contributed by atoms with Crippen molar-refractivity contribution in [3.63, 3.8) is 0 Å². The minimum atomic E-state index is 0.167. The van der Waals surface area contributed by atoms with E-state index in [0.717, 1.165) is 25.3 Å². The maximum Gasteiger partial charge on any atom is 0.118 e. The van der Waals surface area contributed by atoms with Crippen LogP contribution in [-0.4, -0.2) is 31.1 Å². The lowest BCUT2D eigenvalue weighted by molar-refractivity contribution is 0.175. The third-order valence-electron chi connectivity index (χ3n) is 3.93. The van der Waals surface area contributed by atoms with Crippen LogP contribution in [0.3, 0.4) is 0 Å². The summed E-state index contributed by atoms with van der Waals surface area (Å²) in [6, 6.07) is 8.81. The van der Waals surface area contributed by atoms with Crippen LogP contribution in [0.15, 0.2) is 24.3 Å². The van der Waals surface area contributed by atoms with Crippen molar-refractivity contribution in [2.75, 3.05) is 20.2 Å². The second-order valence-corrected chi connectivity index (χ2v) is 5.27. The number of benzene rings is 1. The summed E-state index contributed by atoms with van der Waals surface area (Å²) in [6.07, 6.45) is 3.42. The van der Waals surface area contributed by atoms with Crippen LogP contribution in [-0.2, 0) is 0 Å². The second-order valence-electron chi connectivity index (χ2n) is 5.27. The Morgan fingerprint density at radius 3 is 2.25 bits per heavy atom. The maximum atomic E-state index is 6.40. The van der Waals surface area contributed by atoms with Crippen molar-refractivity contribution in [3.8, 4) is 5.75 Å². The topological polar surface area (TPSA) is 38.5 Å². The van der Waals surface area contributed by atoms with Crippen LogP contribution in [0.2, 0.25) is 0 Å². The van der Waals surface area contributed by atoms with Gasteiger partial charge < -0.3 is 10.5 Å². The summed E-state index contributed by atoms with van der Waals surface area (Å²) in [4.78, 5) is 2.50. The van der Waals surface area contributed by atoms with Gasteiger partial charge in [-0.15, -0.1) is 0 Å². The van der Waals surface area contributed by atoms with E-state index < -0.39 is 0 Å². The van der Waals surface area contributed by atoms with Gasteiger partial charge in [0.25, 0.3) is 0 Å². The molecule has 0 heterocycles. The Morgan fingerprint density at radius 2 is 1.80 bits per heavy atom. The van der Waals surface area contributed by atoms with E-state index in [1.165, 1.54) is 18.4 Å². The third kappa shape index (κ3) is 4.50. The smallest absolute Gasteiger partial charge is 0.118 e. The molecule has 0 amide bonds. The Bertz CT molecular complexity index is 364. The van der Waals surface area contributed by atoms with Crippen LogP contribution in [0.5, 0.6) is 5.75 Å². The van der Waals surface area contributed by atoms with Crippen LogP contribution >= 0.6 is 0 Å². The van der Waals surface area contributed by atoms with Crippen LogP contribution in [0.1, 0.15) is 51.6 Å². The molecule has 2 atom stereocenters. The minimum Gasteiger partial charge on any atom is -0.497 e. The molecule has 3 heteroatoms. The van der Waals surface area contributed by atoms with E-state index in [1.807, 2.05) is 12.1 Å². The fourth-order valence-electron chi connectivity index (χ4n) is 2.61. The number of nitrogens with zero attached hydrogens (tertiary/aromatic N) is 1. The van der Waals surface area contributed by atoms with E-state index in [2.05, 4.69) is 37.8 Å². The molecular weight excluding hydrogens is 248 g/mol. The van der Waals surface area contributed by atoms with Crippen molar-refractivity contribution in [1.29, 1.82) is 0 Å². The average Bonchev–Trinajstić information content (AvgIpc) is 2.51. The largest absolute Gasteiger partial charge is 0.497 e. The first-order valence-electron chi connectivity index (χ1n) is 7.81. The Hall–Kier alpha value is -1.06. The molecule has 2 unspecified atom stereocenters. The van der Waals surface area contributed by atoms with Crippen LogP contribution in [0.25, 0.3) is 0 Å². The molecule has 0 aromatic heterocycles. The highest BCUT2D eigenvalue weighted by molar-refractivity contribution is 5.30. The SMILES string of the molecule is CCCCN(CC)C(c1ccc(OC)cc1)C(N)CC. The van der Waals surface area contributed by atoms with Gasteiger partial charge in [-0.05, 0) is 43.6 Å². The predicted octanol–water partition coefficient (Wildman–Crippen LogP) is 3.60. The number of unbranched alkanes of at least 4 members (excludes halogenated alkanes) is 1. The first-order valence-corrected chi connectivity index (χ1v) is 7.81. The van der Waals surface area contributed by atoms with Gasteiger partial charge in [0.1, 0.15) is 5.75 Å². The van der Waals surface area contributed by atoms with Gasteiger partial charge in [0.05, 0.1) is 7.11 Å². The number of ether oxygens (including phenoxy) is 1.